The molecule has 0 aliphatic rings. The van der Waals surface area contributed by atoms with Crippen molar-refractivity contribution in [2.45, 2.75) is 19.4 Å². The van der Waals surface area contributed by atoms with Gasteiger partial charge in [-0.2, -0.15) is 0 Å². The Bertz CT molecular complexity index is 553. The number of urea groups is 1. The normalized spacial score (nSPS) is 11.9. The third kappa shape index (κ3) is 3.78. The van der Waals surface area contributed by atoms with Crippen molar-refractivity contribution in [3.63, 3.8) is 0 Å². The molecule has 0 radical (unpaired) electrons. The van der Waals surface area contributed by atoms with E-state index < -0.39 is 0 Å². The summed E-state index contributed by atoms with van der Waals surface area (Å²) in [7, 11) is 1.84. The Balaban J connectivity index is 1.74. The molecular formula is C13H18N6O. The largest absolute Gasteiger partial charge is 0.338 e. The summed E-state index contributed by atoms with van der Waals surface area (Å²) in [5.74, 6) is 0.713. The lowest BCUT2D eigenvalue weighted by Crippen LogP contribution is -2.38. The molecule has 0 unspecified atom stereocenters. The molecule has 7 heteroatoms. The van der Waals surface area contributed by atoms with E-state index in [1.165, 1.54) is 0 Å². The quantitative estimate of drug-likeness (QED) is 0.845. The molecule has 106 valence electrons. The van der Waals surface area contributed by atoms with Gasteiger partial charge in [-0.3, -0.25) is 4.98 Å². The van der Waals surface area contributed by atoms with Crippen LogP contribution in [0.4, 0.5) is 4.79 Å². The lowest BCUT2D eigenvalue weighted by molar-refractivity contribution is 0.237. The lowest BCUT2D eigenvalue weighted by Gasteiger charge is -2.13. The van der Waals surface area contributed by atoms with E-state index in [1.807, 2.05) is 32.2 Å². The first-order chi connectivity index (χ1) is 9.66. The zero-order chi connectivity index (χ0) is 14.4. The van der Waals surface area contributed by atoms with Crippen molar-refractivity contribution in [1.29, 1.82) is 0 Å². The van der Waals surface area contributed by atoms with Crippen LogP contribution in [0.2, 0.25) is 0 Å². The van der Waals surface area contributed by atoms with Crippen LogP contribution in [0.25, 0.3) is 0 Å². The molecule has 2 aromatic rings. The molecule has 0 saturated carbocycles. The molecule has 2 rings (SSSR count). The standard InChI is InChI=1S/C13H18N6O/c1-10(12-18-16-9-19(12)2)17-13(20)15-8-6-11-5-3-4-7-14-11/h3-5,7,9-10H,6,8H2,1-2H3,(H2,15,17,20)/t10-/m1/s1. The second-order valence-electron chi connectivity index (χ2n) is 4.49. The topological polar surface area (TPSA) is 84.7 Å². The summed E-state index contributed by atoms with van der Waals surface area (Å²) in [6, 6.07) is 5.31. The number of carbonyl (C=O) groups excluding carboxylic acids is 1. The van der Waals surface area contributed by atoms with E-state index in [2.05, 4.69) is 25.8 Å². The van der Waals surface area contributed by atoms with Crippen molar-refractivity contribution in [3.8, 4) is 0 Å². The Labute approximate surface area is 117 Å². The summed E-state index contributed by atoms with van der Waals surface area (Å²) in [6.07, 6.45) is 4.05. The van der Waals surface area contributed by atoms with Gasteiger partial charge in [-0.25, -0.2) is 4.79 Å². The molecule has 7 nitrogen and oxygen atoms in total. The Kier molecular flexibility index (Phi) is 4.65. The van der Waals surface area contributed by atoms with Gasteiger partial charge in [0.05, 0.1) is 6.04 Å². The summed E-state index contributed by atoms with van der Waals surface area (Å²) in [5.41, 5.74) is 0.953. The van der Waals surface area contributed by atoms with Crippen LogP contribution < -0.4 is 10.6 Å². The molecule has 0 saturated heterocycles. The number of hydrogen-bond acceptors (Lipinski definition) is 4. The highest BCUT2D eigenvalue weighted by Gasteiger charge is 2.13. The van der Waals surface area contributed by atoms with E-state index >= 15 is 0 Å². The SMILES string of the molecule is C[C@@H](NC(=O)NCCc1ccccn1)c1nncn1C. The number of rotatable bonds is 5. The van der Waals surface area contributed by atoms with E-state index in [0.29, 0.717) is 18.8 Å². The number of carbonyl (C=O) groups is 1. The van der Waals surface area contributed by atoms with Crippen LogP contribution in [0.5, 0.6) is 0 Å². The van der Waals surface area contributed by atoms with Gasteiger partial charge in [0.1, 0.15) is 6.33 Å². The smallest absolute Gasteiger partial charge is 0.315 e. The van der Waals surface area contributed by atoms with Crippen molar-refractivity contribution < 1.29 is 4.79 Å². The fourth-order valence-corrected chi connectivity index (χ4v) is 1.85. The van der Waals surface area contributed by atoms with Gasteiger partial charge in [-0.15, -0.1) is 10.2 Å². The number of aromatic nitrogens is 4. The molecular weight excluding hydrogens is 256 g/mol. The predicted molar refractivity (Wildman–Crippen MR) is 73.9 cm³/mol. The van der Waals surface area contributed by atoms with Gasteiger partial charge in [0.2, 0.25) is 0 Å². The van der Waals surface area contributed by atoms with Crippen LogP contribution in [-0.2, 0) is 13.5 Å². The van der Waals surface area contributed by atoms with E-state index in [-0.39, 0.29) is 12.1 Å². The molecule has 2 heterocycles. The average Bonchev–Trinajstić information content (AvgIpc) is 2.86. The molecule has 0 fully saturated rings. The second-order valence-corrected chi connectivity index (χ2v) is 4.49. The van der Waals surface area contributed by atoms with Crippen LogP contribution in [0.1, 0.15) is 24.5 Å². The van der Waals surface area contributed by atoms with E-state index in [1.54, 1.807) is 17.1 Å². The summed E-state index contributed by atoms with van der Waals surface area (Å²) in [4.78, 5) is 15.9. The fraction of sp³-hybridized carbons (Fsp3) is 0.385. The molecule has 0 bridgehead atoms. The maximum atomic E-state index is 11.8. The Hall–Kier alpha value is -2.44. The van der Waals surface area contributed by atoms with Crippen LogP contribution in [0.3, 0.4) is 0 Å². The summed E-state index contributed by atoms with van der Waals surface area (Å²) >= 11 is 0. The van der Waals surface area contributed by atoms with Crippen molar-refractivity contribution in [3.05, 3.63) is 42.2 Å². The minimum atomic E-state index is -0.226. The third-order valence-corrected chi connectivity index (χ3v) is 2.87. The Morgan fingerprint density at radius 3 is 2.95 bits per heavy atom. The number of nitrogens with zero attached hydrogens (tertiary/aromatic N) is 4. The van der Waals surface area contributed by atoms with Gasteiger partial charge >= 0.3 is 6.03 Å². The molecule has 2 aromatic heterocycles. The van der Waals surface area contributed by atoms with Crippen molar-refractivity contribution in [2.75, 3.05) is 6.54 Å². The minimum absolute atomic E-state index is 0.197. The van der Waals surface area contributed by atoms with Gasteiger partial charge in [0, 0.05) is 31.9 Å². The van der Waals surface area contributed by atoms with E-state index in [0.717, 1.165) is 5.69 Å². The summed E-state index contributed by atoms with van der Waals surface area (Å²) in [6.45, 7) is 2.40. The Morgan fingerprint density at radius 1 is 1.45 bits per heavy atom. The maximum Gasteiger partial charge on any atom is 0.315 e. The first kappa shape index (κ1) is 14.0. The molecule has 1 atom stereocenters. The second kappa shape index (κ2) is 6.65. The number of aryl methyl sites for hydroxylation is 1. The third-order valence-electron chi connectivity index (χ3n) is 2.87. The van der Waals surface area contributed by atoms with Gasteiger partial charge in [-0.1, -0.05) is 6.07 Å². The number of pyridine rings is 1. The monoisotopic (exact) mass is 274 g/mol. The van der Waals surface area contributed by atoms with Gasteiger partial charge in [0.15, 0.2) is 5.82 Å². The number of amides is 2. The highest BCUT2D eigenvalue weighted by molar-refractivity contribution is 5.74. The molecule has 0 aromatic carbocycles. The summed E-state index contributed by atoms with van der Waals surface area (Å²) in [5, 5.41) is 13.4. The highest BCUT2D eigenvalue weighted by atomic mass is 16.2. The number of hydrogen-bond donors (Lipinski definition) is 2. The zero-order valence-electron chi connectivity index (χ0n) is 11.6. The fourth-order valence-electron chi connectivity index (χ4n) is 1.85. The predicted octanol–water partition coefficient (Wildman–Crippen LogP) is 0.813. The van der Waals surface area contributed by atoms with Gasteiger partial charge < -0.3 is 15.2 Å². The van der Waals surface area contributed by atoms with E-state index in [9.17, 15) is 4.79 Å². The molecule has 2 amide bonds. The van der Waals surface area contributed by atoms with Crippen LogP contribution in [0, 0.1) is 0 Å². The maximum absolute atomic E-state index is 11.8. The van der Waals surface area contributed by atoms with E-state index in [4.69, 9.17) is 0 Å². The van der Waals surface area contributed by atoms with Gasteiger partial charge in [0.25, 0.3) is 0 Å². The molecule has 2 N–H and O–H groups in total. The summed E-state index contributed by atoms with van der Waals surface area (Å²) < 4.78 is 1.78. The minimum Gasteiger partial charge on any atom is -0.338 e. The average molecular weight is 274 g/mol. The number of nitrogens with one attached hydrogen (secondary N) is 2. The molecule has 0 aliphatic carbocycles. The zero-order valence-corrected chi connectivity index (χ0v) is 11.6. The molecule has 0 spiro atoms. The highest BCUT2D eigenvalue weighted by Crippen LogP contribution is 2.06. The molecule has 20 heavy (non-hydrogen) atoms. The van der Waals surface area contributed by atoms with Crippen molar-refractivity contribution in [2.24, 2.45) is 7.05 Å². The Morgan fingerprint density at radius 2 is 2.30 bits per heavy atom. The van der Waals surface area contributed by atoms with Crippen molar-refractivity contribution >= 4 is 6.03 Å². The van der Waals surface area contributed by atoms with Crippen molar-refractivity contribution in [1.82, 2.24) is 30.4 Å². The first-order valence-electron chi connectivity index (χ1n) is 6.45. The van der Waals surface area contributed by atoms with Gasteiger partial charge in [-0.05, 0) is 19.1 Å². The lowest BCUT2D eigenvalue weighted by atomic mass is 10.3. The molecule has 0 aliphatic heterocycles. The van der Waals surface area contributed by atoms with Crippen LogP contribution in [0.15, 0.2) is 30.7 Å². The first-order valence-corrected chi connectivity index (χ1v) is 6.45. The van der Waals surface area contributed by atoms with Crippen LogP contribution in [-0.4, -0.2) is 32.3 Å². The van der Waals surface area contributed by atoms with Crippen LogP contribution >= 0.6 is 0 Å².